The van der Waals surface area contributed by atoms with Gasteiger partial charge in [0.25, 0.3) is 0 Å². The number of piperidine rings is 1. The van der Waals surface area contributed by atoms with Gasteiger partial charge in [-0.3, -0.25) is 0 Å². The molecule has 2 unspecified atom stereocenters. The minimum atomic E-state index is -1.13. The molecular weight excluding hydrogens is 298 g/mol. The number of carboxylic acid groups (broad SMARTS) is 1. The highest BCUT2D eigenvalue weighted by Crippen LogP contribution is 2.48. The first-order chi connectivity index (χ1) is 8.50. The molecule has 1 aliphatic heterocycles. The number of aromatic nitrogens is 1. The number of hydrogen-bond donors (Lipinski definition) is 1. The van der Waals surface area contributed by atoms with Crippen LogP contribution in [0.3, 0.4) is 0 Å². The van der Waals surface area contributed by atoms with E-state index in [-0.39, 0.29) is 20.8 Å². The molecule has 0 radical (unpaired) electrons. The molecule has 0 spiro atoms. The van der Waals surface area contributed by atoms with E-state index in [0.717, 1.165) is 19.4 Å². The van der Waals surface area contributed by atoms with E-state index < -0.39 is 5.97 Å². The maximum Gasteiger partial charge on any atom is 0.341 e. The van der Waals surface area contributed by atoms with Crippen molar-refractivity contribution in [1.29, 1.82) is 0 Å². The summed E-state index contributed by atoms with van der Waals surface area (Å²) in [5.41, 5.74) is -0.0568. The summed E-state index contributed by atoms with van der Waals surface area (Å²) in [6.45, 7) is 0.789. The SMILES string of the molecule is O=C(O)c1c(N2CCC3CC32)nc(Cl)c(Cl)c1Cl. The first kappa shape index (κ1) is 12.3. The fourth-order valence-corrected chi connectivity index (χ4v) is 3.17. The van der Waals surface area contributed by atoms with Crippen LogP contribution in [-0.4, -0.2) is 28.6 Å². The van der Waals surface area contributed by atoms with Crippen LogP contribution < -0.4 is 4.90 Å². The lowest BCUT2D eigenvalue weighted by atomic mass is 10.2. The van der Waals surface area contributed by atoms with Crippen molar-refractivity contribution in [1.82, 2.24) is 4.98 Å². The van der Waals surface area contributed by atoms with E-state index in [9.17, 15) is 9.90 Å². The Labute approximate surface area is 118 Å². The van der Waals surface area contributed by atoms with E-state index in [1.54, 1.807) is 0 Å². The quantitative estimate of drug-likeness (QED) is 0.851. The normalized spacial score (nSPS) is 25.2. The number of fused-ring (bicyclic) bond motifs is 1. The molecule has 1 aromatic heterocycles. The third-order valence-corrected chi connectivity index (χ3v) is 4.75. The Bertz CT molecular complexity index is 550. The van der Waals surface area contributed by atoms with Crippen LogP contribution in [0.1, 0.15) is 23.2 Å². The van der Waals surface area contributed by atoms with Crippen LogP contribution in [0.5, 0.6) is 0 Å². The number of nitrogens with zero attached hydrogens (tertiary/aromatic N) is 2. The number of carboxylic acids is 1. The second kappa shape index (κ2) is 4.15. The van der Waals surface area contributed by atoms with Gasteiger partial charge in [-0.25, -0.2) is 9.78 Å². The summed E-state index contributed by atoms with van der Waals surface area (Å²) in [7, 11) is 0. The van der Waals surface area contributed by atoms with Crippen LogP contribution >= 0.6 is 34.8 Å². The highest BCUT2D eigenvalue weighted by molar-refractivity contribution is 6.49. The van der Waals surface area contributed by atoms with E-state index in [1.165, 1.54) is 0 Å². The van der Waals surface area contributed by atoms with Gasteiger partial charge in [0.1, 0.15) is 11.4 Å². The van der Waals surface area contributed by atoms with Crippen molar-refractivity contribution in [3.05, 3.63) is 20.8 Å². The molecule has 1 N–H and O–H groups in total. The first-order valence-corrected chi connectivity index (χ1v) is 6.68. The number of halogens is 3. The molecule has 18 heavy (non-hydrogen) atoms. The Kier molecular flexibility index (Phi) is 2.84. The van der Waals surface area contributed by atoms with Gasteiger partial charge >= 0.3 is 5.97 Å². The zero-order valence-electron chi connectivity index (χ0n) is 9.16. The molecule has 1 aromatic rings. The van der Waals surface area contributed by atoms with Crippen molar-refractivity contribution in [2.45, 2.75) is 18.9 Å². The molecule has 96 valence electrons. The van der Waals surface area contributed by atoms with Crippen molar-refractivity contribution in [2.24, 2.45) is 5.92 Å². The average Bonchev–Trinajstić information content (AvgIpc) is 2.97. The molecule has 1 aliphatic carbocycles. The summed E-state index contributed by atoms with van der Waals surface area (Å²) in [5.74, 6) is -0.140. The fourth-order valence-electron chi connectivity index (χ4n) is 2.55. The highest BCUT2D eigenvalue weighted by Gasteiger charge is 2.48. The van der Waals surface area contributed by atoms with E-state index >= 15 is 0 Å². The standard InChI is InChI=1S/C11H9Cl3N2O2/c12-7-6(11(17)18)10(15-9(14)8(7)13)16-2-1-4-3-5(4)16/h4-5H,1-3H2,(H,17,18). The summed E-state index contributed by atoms with van der Waals surface area (Å²) in [5, 5.41) is 9.27. The lowest BCUT2D eigenvalue weighted by Gasteiger charge is -2.22. The molecule has 1 saturated heterocycles. The minimum absolute atomic E-state index is 0.00831. The molecule has 2 aliphatic rings. The van der Waals surface area contributed by atoms with E-state index in [0.29, 0.717) is 17.8 Å². The summed E-state index contributed by atoms with van der Waals surface area (Å²) in [6.07, 6.45) is 2.14. The Balaban J connectivity index is 2.15. The number of carbonyl (C=O) groups is 1. The maximum atomic E-state index is 11.3. The van der Waals surface area contributed by atoms with Gasteiger partial charge < -0.3 is 10.0 Å². The Morgan fingerprint density at radius 1 is 1.33 bits per heavy atom. The predicted molar refractivity (Wildman–Crippen MR) is 70.1 cm³/mol. The molecule has 3 rings (SSSR count). The molecule has 0 bridgehead atoms. The molecule has 2 fully saturated rings. The second-order valence-corrected chi connectivity index (χ2v) is 5.69. The van der Waals surface area contributed by atoms with Gasteiger partial charge in [-0.15, -0.1) is 0 Å². The Morgan fingerprint density at radius 2 is 2.06 bits per heavy atom. The van der Waals surface area contributed by atoms with E-state index in [4.69, 9.17) is 34.8 Å². The average molecular weight is 308 g/mol. The van der Waals surface area contributed by atoms with Crippen LogP contribution in [0.2, 0.25) is 15.2 Å². The van der Waals surface area contributed by atoms with E-state index in [2.05, 4.69) is 4.98 Å². The fraction of sp³-hybridized carbons (Fsp3) is 0.455. The number of rotatable bonds is 2. The van der Waals surface area contributed by atoms with Crippen molar-refractivity contribution in [2.75, 3.05) is 11.4 Å². The van der Waals surface area contributed by atoms with Crippen molar-refractivity contribution in [3.63, 3.8) is 0 Å². The summed E-state index contributed by atoms with van der Waals surface area (Å²) in [4.78, 5) is 17.4. The van der Waals surface area contributed by atoms with Gasteiger partial charge in [-0.2, -0.15) is 0 Å². The summed E-state index contributed by atoms with van der Waals surface area (Å²) < 4.78 is 0. The molecule has 0 amide bonds. The van der Waals surface area contributed by atoms with Gasteiger partial charge in [0.05, 0.1) is 10.0 Å². The molecule has 2 atom stereocenters. The molecular formula is C11H9Cl3N2O2. The lowest BCUT2D eigenvalue weighted by molar-refractivity contribution is 0.0697. The van der Waals surface area contributed by atoms with Crippen LogP contribution in [0.25, 0.3) is 0 Å². The lowest BCUT2D eigenvalue weighted by Crippen LogP contribution is -2.26. The Hall–Kier alpha value is -0.710. The van der Waals surface area contributed by atoms with Gasteiger partial charge in [0, 0.05) is 12.6 Å². The van der Waals surface area contributed by atoms with Crippen LogP contribution in [0.4, 0.5) is 5.82 Å². The molecule has 1 saturated carbocycles. The summed E-state index contributed by atoms with van der Waals surface area (Å²) in [6, 6.07) is 0.379. The van der Waals surface area contributed by atoms with Crippen LogP contribution in [0, 0.1) is 5.92 Å². The third-order valence-electron chi connectivity index (χ3n) is 3.53. The topological polar surface area (TPSA) is 53.4 Å². The molecule has 7 heteroatoms. The smallest absolute Gasteiger partial charge is 0.341 e. The number of aromatic carboxylic acids is 1. The van der Waals surface area contributed by atoms with Crippen LogP contribution in [0.15, 0.2) is 0 Å². The number of pyridine rings is 1. The Morgan fingerprint density at radius 3 is 2.56 bits per heavy atom. The van der Waals surface area contributed by atoms with Crippen molar-refractivity contribution in [3.8, 4) is 0 Å². The van der Waals surface area contributed by atoms with Crippen molar-refractivity contribution >= 4 is 46.6 Å². The van der Waals surface area contributed by atoms with Gasteiger partial charge in [-0.1, -0.05) is 34.8 Å². The van der Waals surface area contributed by atoms with E-state index in [1.807, 2.05) is 4.90 Å². The van der Waals surface area contributed by atoms with Crippen LogP contribution in [-0.2, 0) is 0 Å². The largest absolute Gasteiger partial charge is 0.478 e. The van der Waals surface area contributed by atoms with Gasteiger partial charge in [-0.05, 0) is 18.8 Å². The predicted octanol–water partition coefficient (Wildman–Crippen LogP) is 3.34. The van der Waals surface area contributed by atoms with Crippen molar-refractivity contribution < 1.29 is 9.90 Å². The first-order valence-electron chi connectivity index (χ1n) is 5.55. The van der Waals surface area contributed by atoms with Gasteiger partial charge in [0.2, 0.25) is 0 Å². The highest BCUT2D eigenvalue weighted by atomic mass is 35.5. The zero-order chi connectivity index (χ0) is 13.0. The molecule has 4 nitrogen and oxygen atoms in total. The monoisotopic (exact) mass is 306 g/mol. The zero-order valence-corrected chi connectivity index (χ0v) is 11.4. The molecule has 0 aromatic carbocycles. The number of hydrogen-bond acceptors (Lipinski definition) is 3. The number of anilines is 1. The summed E-state index contributed by atoms with van der Waals surface area (Å²) >= 11 is 17.7. The third kappa shape index (κ3) is 1.75. The van der Waals surface area contributed by atoms with Gasteiger partial charge in [0.15, 0.2) is 5.15 Å². The maximum absolute atomic E-state index is 11.3. The molecule has 2 heterocycles. The second-order valence-electron chi connectivity index (χ2n) is 4.58. The minimum Gasteiger partial charge on any atom is -0.478 e.